The van der Waals surface area contributed by atoms with E-state index in [1.807, 2.05) is 19.1 Å². The van der Waals surface area contributed by atoms with Crippen LogP contribution in [0.4, 0.5) is 4.79 Å². The number of furan rings is 1. The molecular formula is C16H26N2O4S. The van der Waals surface area contributed by atoms with Gasteiger partial charge in [0.1, 0.15) is 21.4 Å². The number of nitrogens with zero attached hydrogens (tertiary/aromatic N) is 1. The molecule has 1 saturated heterocycles. The van der Waals surface area contributed by atoms with Crippen LogP contribution in [0.25, 0.3) is 0 Å². The lowest BCUT2D eigenvalue weighted by Crippen LogP contribution is -2.46. The Morgan fingerprint density at radius 1 is 1.43 bits per heavy atom. The maximum Gasteiger partial charge on any atom is 0.318 e. The lowest BCUT2D eigenvalue weighted by molar-refractivity contribution is 0.119. The Hall–Kier alpha value is -1.50. The number of carbonyl (C=O) groups excluding carboxylic acids is 1. The number of likely N-dealkylation sites (tertiary alicyclic amines) is 1. The first-order valence-corrected chi connectivity index (χ1v) is 10.1. The van der Waals surface area contributed by atoms with Crippen molar-refractivity contribution in [2.24, 2.45) is 5.92 Å². The standard InChI is InChI=1S/C16H26N2O4S/c1-12-7-9-18(14(11-12)15-6-5-13(2)22-15)16(19)17-8-4-10-23(3,20)21/h5-6,12,14H,4,7-11H2,1-3H3,(H,17,19)/t12-,14+/m1/s1. The largest absolute Gasteiger partial charge is 0.464 e. The minimum Gasteiger partial charge on any atom is -0.464 e. The second-order valence-electron chi connectivity index (χ2n) is 6.50. The molecule has 7 heteroatoms. The van der Waals surface area contributed by atoms with E-state index in [2.05, 4.69) is 12.2 Å². The van der Waals surface area contributed by atoms with Gasteiger partial charge in [0.15, 0.2) is 0 Å². The third kappa shape index (κ3) is 5.27. The lowest BCUT2D eigenvalue weighted by Gasteiger charge is -2.37. The molecule has 1 aromatic rings. The molecule has 0 radical (unpaired) electrons. The number of hydrogen-bond donors (Lipinski definition) is 1. The van der Waals surface area contributed by atoms with Crippen LogP contribution in [0.5, 0.6) is 0 Å². The fourth-order valence-corrected chi connectivity index (χ4v) is 3.59. The van der Waals surface area contributed by atoms with Crippen LogP contribution in [0.1, 0.15) is 43.7 Å². The second kappa shape index (κ2) is 7.38. The third-order valence-electron chi connectivity index (χ3n) is 4.18. The van der Waals surface area contributed by atoms with Crippen LogP contribution >= 0.6 is 0 Å². The maximum absolute atomic E-state index is 12.4. The summed E-state index contributed by atoms with van der Waals surface area (Å²) in [6.45, 7) is 5.13. The van der Waals surface area contributed by atoms with E-state index in [-0.39, 0.29) is 17.8 Å². The minimum absolute atomic E-state index is 0.0534. The average molecular weight is 342 g/mol. The Bertz CT molecular complexity index is 638. The van der Waals surface area contributed by atoms with E-state index in [0.29, 0.717) is 25.4 Å². The van der Waals surface area contributed by atoms with Gasteiger partial charge in [0, 0.05) is 19.3 Å². The van der Waals surface area contributed by atoms with Gasteiger partial charge in [-0.25, -0.2) is 13.2 Å². The van der Waals surface area contributed by atoms with Crippen molar-refractivity contribution >= 4 is 15.9 Å². The Labute approximate surface area is 138 Å². The van der Waals surface area contributed by atoms with Crippen molar-refractivity contribution < 1.29 is 17.6 Å². The summed E-state index contributed by atoms with van der Waals surface area (Å²) in [5.74, 6) is 2.29. The highest BCUT2D eigenvalue weighted by atomic mass is 32.2. The molecule has 0 aliphatic carbocycles. The molecular weight excluding hydrogens is 316 g/mol. The molecule has 0 unspecified atom stereocenters. The first-order valence-electron chi connectivity index (χ1n) is 8.05. The summed E-state index contributed by atoms with van der Waals surface area (Å²) >= 11 is 0. The second-order valence-corrected chi connectivity index (χ2v) is 8.76. The van der Waals surface area contributed by atoms with Crippen molar-refractivity contribution in [3.8, 4) is 0 Å². The van der Waals surface area contributed by atoms with Crippen LogP contribution < -0.4 is 5.32 Å². The van der Waals surface area contributed by atoms with Crippen molar-refractivity contribution in [2.75, 3.05) is 25.1 Å². The van der Waals surface area contributed by atoms with Gasteiger partial charge in [0.05, 0.1) is 11.8 Å². The molecule has 1 N–H and O–H groups in total. The molecule has 0 spiro atoms. The van der Waals surface area contributed by atoms with Crippen molar-refractivity contribution in [3.05, 3.63) is 23.7 Å². The molecule has 2 heterocycles. The lowest BCUT2D eigenvalue weighted by atomic mass is 9.91. The number of sulfone groups is 1. The number of nitrogens with one attached hydrogen (secondary N) is 1. The van der Waals surface area contributed by atoms with Crippen molar-refractivity contribution in [1.82, 2.24) is 10.2 Å². The van der Waals surface area contributed by atoms with E-state index in [9.17, 15) is 13.2 Å². The number of amides is 2. The number of carbonyl (C=O) groups is 1. The summed E-state index contributed by atoms with van der Waals surface area (Å²) in [7, 11) is -2.99. The summed E-state index contributed by atoms with van der Waals surface area (Å²) < 4.78 is 28.0. The summed E-state index contributed by atoms with van der Waals surface area (Å²) in [4.78, 5) is 14.2. The van der Waals surface area contributed by atoms with Crippen molar-refractivity contribution in [3.63, 3.8) is 0 Å². The van der Waals surface area contributed by atoms with Crippen molar-refractivity contribution in [1.29, 1.82) is 0 Å². The Balaban J connectivity index is 1.96. The van der Waals surface area contributed by atoms with Gasteiger partial charge in [-0.1, -0.05) is 6.92 Å². The average Bonchev–Trinajstić information content (AvgIpc) is 2.89. The van der Waals surface area contributed by atoms with Crippen molar-refractivity contribution in [2.45, 2.75) is 39.2 Å². The summed E-state index contributed by atoms with van der Waals surface area (Å²) in [5, 5.41) is 2.83. The molecule has 2 amide bonds. The first kappa shape index (κ1) is 17.8. The van der Waals surface area contributed by atoms with E-state index in [0.717, 1.165) is 24.4 Å². The molecule has 1 aliphatic heterocycles. The monoisotopic (exact) mass is 342 g/mol. The molecule has 1 aromatic heterocycles. The zero-order valence-corrected chi connectivity index (χ0v) is 14.9. The van der Waals surface area contributed by atoms with Crippen LogP contribution in [-0.2, 0) is 9.84 Å². The van der Waals surface area contributed by atoms with Crippen LogP contribution in [0, 0.1) is 12.8 Å². The van der Waals surface area contributed by atoms with Crippen LogP contribution in [-0.4, -0.2) is 44.4 Å². The number of urea groups is 1. The van der Waals surface area contributed by atoms with E-state index in [1.54, 1.807) is 4.90 Å². The van der Waals surface area contributed by atoms with E-state index in [1.165, 1.54) is 6.26 Å². The summed E-state index contributed by atoms with van der Waals surface area (Å²) in [6.07, 6.45) is 3.48. The third-order valence-corrected chi connectivity index (χ3v) is 5.21. The predicted molar refractivity (Wildman–Crippen MR) is 89.0 cm³/mol. The van der Waals surface area contributed by atoms with Gasteiger partial charge in [0.2, 0.25) is 0 Å². The van der Waals surface area contributed by atoms with Gasteiger partial charge < -0.3 is 14.6 Å². The topological polar surface area (TPSA) is 79.6 Å². The molecule has 1 aliphatic rings. The van der Waals surface area contributed by atoms with Gasteiger partial charge in [-0.05, 0) is 44.2 Å². The van der Waals surface area contributed by atoms with Gasteiger partial charge in [-0.3, -0.25) is 0 Å². The molecule has 2 atom stereocenters. The normalized spacial score (nSPS) is 22.1. The quantitative estimate of drug-likeness (QED) is 0.834. The van der Waals surface area contributed by atoms with E-state index < -0.39 is 9.84 Å². The van der Waals surface area contributed by atoms with Crippen LogP contribution in [0.2, 0.25) is 0 Å². The van der Waals surface area contributed by atoms with Gasteiger partial charge in [0.25, 0.3) is 0 Å². The fraction of sp³-hybridized carbons (Fsp3) is 0.688. The van der Waals surface area contributed by atoms with E-state index in [4.69, 9.17) is 4.42 Å². The fourth-order valence-electron chi connectivity index (χ4n) is 2.92. The molecule has 2 rings (SSSR count). The molecule has 0 aromatic carbocycles. The number of hydrogen-bond acceptors (Lipinski definition) is 4. The van der Waals surface area contributed by atoms with Gasteiger partial charge in [-0.15, -0.1) is 0 Å². The molecule has 23 heavy (non-hydrogen) atoms. The van der Waals surface area contributed by atoms with Crippen LogP contribution in [0.15, 0.2) is 16.5 Å². The van der Waals surface area contributed by atoms with E-state index >= 15 is 0 Å². The molecule has 6 nitrogen and oxygen atoms in total. The van der Waals surface area contributed by atoms with Gasteiger partial charge >= 0.3 is 6.03 Å². The predicted octanol–water partition coefficient (Wildman–Crippen LogP) is 2.51. The molecule has 130 valence electrons. The highest BCUT2D eigenvalue weighted by molar-refractivity contribution is 7.90. The highest BCUT2D eigenvalue weighted by Crippen LogP contribution is 2.34. The van der Waals surface area contributed by atoms with Crippen LogP contribution in [0.3, 0.4) is 0 Å². The summed E-state index contributed by atoms with van der Waals surface area (Å²) in [6, 6.07) is 3.64. The molecule has 0 bridgehead atoms. The number of aryl methyl sites for hydroxylation is 1. The Morgan fingerprint density at radius 3 is 2.78 bits per heavy atom. The zero-order valence-electron chi connectivity index (χ0n) is 14.0. The molecule has 0 saturated carbocycles. The zero-order chi connectivity index (χ0) is 17.0. The Kier molecular flexibility index (Phi) is 5.73. The highest BCUT2D eigenvalue weighted by Gasteiger charge is 2.32. The van der Waals surface area contributed by atoms with Gasteiger partial charge in [-0.2, -0.15) is 0 Å². The summed E-state index contributed by atoms with van der Waals surface area (Å²) in [5.41, 5.74) is 0. The number of piperidine rings is 1. The minimum atomic E-state index is -2.99. The first-order chi connectivity index (χ1) is 10.8. The molecule has 1 fully saturated rings. The smallest absolute Gasteiger partial charge is 0.318 e. The SMILES string of the molecule is Cc1ccc([C@@H]2C[C@H](C)CCN2C(=O)NCCCS(C)(=O)=O)o1. The Morgan fingerprint density at radius 2 is 2.17 bits per heavy atom. The maximum atomic E-state index is 12.4. The number of rotatable bonds is 5.